The first kappa shape index (κ1) is 17.0. The minimum absolute atomic E-state index is 0.605. The number of nitrogens with one attached hydrogen (secondary N) is 1. The van der Waals surface area contributed by atoms with Gasteiger partial charge in [-0.2, -0.15) is 0 Å². The molecule has 0 aromatic carbocycles. The highest BCUT2D eigenvalue weighted by Gasteiger charge is 2.30. The van der Waals surface area contributed by atoms with Gasteiger partial charge in [0.15, 0.2) is 5.96 Å². The van der Waals surface area contributed by atoms with E-state index in [0.717, 1.165) is 50.9 Å². The third-order valence-corrected chi connectivity index (χ3v) is 4.70. The molecular weight excluding hydrogens is 306 g/mol. The van der Waals surface area contributed by atoms with Crippen molar-refractivity contribution >= 4 is 5.96 Å². The molecule has 2 aliphatic heterocycles. The second-order valence-electron chi connectivity index (χ2n) is 6.14. The van der Waals surface area contributed by atoms with E-state index in [2.05, 4.69) is 25.1 Å². The Labute approximate surface area is 143 Å². The molecule has 2 aliphatic rings. The fourth-order valence-electron chi connectivity index (χ4n) is 3.36. The summed E-state index contributed by atoms with van der Waals surface area (Å²) in [5.41, 5.74) is 1.13. The van der Waals surface area contributed by atoms with Gasteiger partial charge in [-0.05, 0) is 18.1 Å². The Morgan fingerprint density at radius 2 is 2.25 bits per heavy atom. The molecule has 7 nitrogen and oxygen atoms in total. The van der Waals surface area contributed by atoms with Crippen LogP contribution >= 0.6 is 0 Å². The predicted octanol–water partition coefficient (Wildman–Crippen LogP) is 0.572. The highest BCUT2D eigenvalue weighted by Crippen LogP contribution is 2.17. The number of hydrogen-bond donors (Lipinski definition) is 1. The fraction of sp³-hybridized carbons (Fsp3) is 0.647. The number of hydrogen-bond acceptors (Lipinski definition) is 5. The normalized spacial score (nSPS) is 22.7. The molecule has 1 atom stereocenters. The third kappa shape index (κ3) is 4.15. The van der Waals surface area contributed by atoms with Crippen LogP contribution in [-0.4, -0.2) is 80.3 Å². The van der Waals surface area contributed by atoms with Gasteiger partial charge < -0.3 is 19.7 Å². The van der Waals surface area contributed by atoms with Gasteiger partial charge in [0, 0.05) is 58.1 Å². The number of morpholine rings is 1. The van der Waals surface area contributed by atoms with E-state index < -0.39 is 0 Å². The van der Waals surface area contributed by atoms with Crippen molar-refractivity contribution in [1.29, 1.82) is 0 Å². The maximum Gasteiger partial charge on any atom is 0.213 e. The zero-order valence-corrected chi connectivity index (χ0v) is 14.6. The van der Waals surface area contributed by atoms with Crippen LogP contribution in [0.3, 0.4) is 0 Å². The summed E-state index contributed by atoms with van der Waals surface area (Å²) in [7, 11) is 3.48. The smallest absolute Gasteiger partial charge is 0.213 e. The minimum atomic E-state index is 0.605. The Morgan fingerprint density at radius 3 is 3.00 bits per heavy atom. The standard InChI is InChI=1S/C17H27N5O2/c1-18-17(20-12-14-3-5-19-16(11-14)23-2)22-6-4-15(13-22)21-7-9-24-10-8-21/h3,5,11,15H,4,6-10,12-13H2,1-2H3,(H,18,20). The summed E-state index contributed by atoms with van der Waals surface area (Å²) in [5, 5.41) is 3.45. The van der Waals surface area contributed by atoms with Crippen molar-refractivity contribution in [3.63, 3.8) is 0 Å². The number of methoxy groups -OCH3 is 1. The number of nitrogens with zero attached hydrogens (tertiary/aromatic N) is 4. The van der Waals surface area contributed by atoms with Crippen LogP contribution in [0.2, 0.25) is 0 Å². The highest BCUT2D eigenvalue weighted by molar-refractivity contribution is 5.80. The molecule has 1 unspecified atom stereocenters. The summed E-state index contributed by atoms with van der Waals surface area (Å²) >= 11 is 0. The SMILES string of the molecule is CN=C(NCc1ccnc(OC)c1)N1CCC(N2CCOCC2)C1. The molecule has 24 heavy (non-hydrogen) atoms. The van der Waals surface area contributed by atoms with Crippen molar-refractivity contribution in [2.75, 3.05) is 53.6 Å². The summed E-state index contributed by atoms with van der Waals surface area (Å²) in [4.78, 5) is 13.5. The van der Waals surface area contributed by atoms with Crippen LogP contribution in [-0.2, 0) is 11.3 Å². The molecule has 0 aliphatic carbocycles. The summed E-state index contributed by atoms with van der Waals surface area (Å²) in [6.07, 6.45) is 2.95. The van der Waals surface area contributed by atoms with Gasteiger partial charge in [-0.1, -0.05) is 0 Å². The summed E-state index contributed by atoms with van der Waals surface area (Å²) in [6.45, 7) is 6.58. The molecule has 3 rings (SSSR count). The second-order valence-corrected chi connectivity index (χ2v) is 6.14. The van der Waals surface area contributed by atoms with Crippen LogP contribution in [0.25, 0.3) is 0 Å². The molecule has 2 fully saturated rings. The minimum Gasteiger partial charge on any atom is -0.481 e. The molecule has 1 N–H and O–H groups in total. The molecular formula is C17H27N5O2. The van der Waals surface area contributed by atoms with Gasteiger partial charge in [-0.25, -0.2) is 4.98 Å². The van der Waals surface area contributed by atoms with Gasteiger partial charge in [0.1, 0.15) is 0 Å². The maximum atomic E-state index is 5.45. The molecule has 1 aromatic heterocycles. The van der Waals surface area contributed by atoms with E-state index in [0.29, 0.717) is 18.5 Å². The van der Waals surface area contributed by atoms with E-state index in [4.69, 9.17) is 9.47 Å². The first-order valence-corrected chi connectivity index (χ1v) is 8.56. The number of guanidine groups is 1. The quantitative estimate of drug-likeness (QED) is 0.642. The first-order chi connectivity index (χ1) is 11.8. The molecule has 0 amide bonds. The van der Waals surface area contributed by atoms with E-state index in [1.54, 1.807) is 13.3 Å². The van der Waals surface area contributed by atoms with Gasteiger partial charge in [-0.15, -0.1) is 0 Å². The van der Waals surface area contributed by atoms with Crippen molar-refractivity contribution in [3.8, 4) is 5.88 Å². The highest BCUT2D eigenvalue weighted by atomic mass is 16.5. The molecule has 0 spiro atoms. The first-order valence-electron chi connectivity index (χ1n) is 8.56. The predicted molar refractivity (Wildman–Crippen MR) is 93.4 cm³/mol. The lowest BCUT2D eigenvalue weighted by molar-refractivity contribution is 0.0195. The number of aliphatic imine (C=N–C) groups is 1. The Morgan fingerprint density at radius 1 is 1.42 bits per heavy atom. The van der Waals surface area contributed by atoms with Crippen molar-refractivity contribution < 1.29 is 9.47 Å². The Bertz CT molecular complexity index is 560. The van der Waals surface area contributed by atoms with Crippen molar-refractivity contribution in [2.24, 2.45) is 4.99 Å². The number of likely N-dealkylation sites (tertiary alicyclic amines) is 1. The van der Waals surface area contributed by atoms with Gasteiger partial charge >= 0.3 is 0 Å². The lowest BCUT2D eigenvalue weighted by atomic mass is 10.2. The lowest BCUT2D eigenvalue weighted by Gasteiger charge is -2.32. The topological polar surface area (TPSA) is 62.2 Å². The summed E-state index contributed by atoms with van der Waals surface area (Å²) in [6, 6.07) is 4.54. The van der Waals surface area contributed by atoms with Crippen LogP contribution in [0.5, 0.6) is 5.88 Å². The number of rotatable bonds is 4. The zero-order chi connectivity index (χ0) is 16.8. The van der Waals surface area contributed by atoms with Crippen LogP contribution < -0.4 is 10.1 Å². The lowest BCUT2D eigenvalue weighted by Crippen LogP contribution is -2.46. The average Bonchev–Trinajstić information content (AvgIpc) is 3.13. The van der Waals surface area contributed by atoms with Crippen molar-refractivity contribution in [2.45, 2.75) is 19.0 Å². The van der Waals surface area contributed by atoms with Gasteiger partial charge in [0.25, 0.3) is 0 Å². The van der Waals surface area contributed by atoms with Crippen LogP contribution in [0.15, 0.2) is 23.3 Å². The summed E-state index contributed by atoms with van der Waals surface area (Å²) < 4.78 is 10.6. The number of aromatic nitrogens is 1. The Kier molecular flexibility index (Phi) is 5.87. The fourth-order valence-corrected chi connectivity index (χ4v) is 3.36. The largest absolute Gasteiger partial charge is 0.481 e. The molecule has 7 heteroatoms. The molecule has 0 radical (unpaired) electrons. The number of pyridine rings is 1. The molecule has 2 saturated heterocycles. The Balaban J connectivity index is 1.53. The molecule has 1 aromatic rings. The van der Waals surface area contributed by atoms with Crippen LogP contribution in [0.4, 0.5) is 0 Å². The van der Waals surface area contributed by atoms with Crippen LogP contribution in [0.1, 0.15) is 12.0 Å². The van der Waals surface area contributed by atoms with Gasteiger partial charge in [-0.3, -0.25) is 9.89 Å². The molecule has 0 bridgehead atoms. The van der Waals surface area contributed by atoms with E-state index in [-0.39, 0.29) is 0 Å². The van der Waals surface area contributed by atoms with Gasteiger partial charge in [0.2, 0.25) is 5.88 Å². The van der Waals surface area contributed by atoms with E-state index in [1.807, 2.05) is 19.2 Å². The Hall–Kier alpha value is -1.86. The maximum absolute atomic E-state index is 5.45. The van der Waals surface area contributed by atoms with E-state index in [1.165, 1.54) is 6.42 Å². The molecule has 0 saturated carbocycles. The van der Waals surface area contributed by atoms with Crippen molar-refractivity contribution in [1.82, 2.24) is 20.1 Å². The van der Waals surface area contributed by atoms with Gasteiger partial charge in [0.05, 0.1) is 20.3 Å². The number of ether oxygens (including phenoxy) is 2. The second kappa shape index (κ2) is 8.30. The molecule has 3 heterocycles. The van der Waals surface area contributed by atoms with E-state index >= 15 is 0 Å². The van der Waals surface area contributed by atoms with Crippen molar-refractivity contribution in [3.05, 3.63) is 23.9 Å². The average molecular weight is 333 g/mol. The molecule has 132 valence electrons. The summed E-state index contributed by atoms with van der Waals surface area (Å²) in [5.74, 6) is 1.60. The zero-order valence-electron chi connectivity index (χ0n) is 14.6. The van der Waals surface area contributed by atoms with Crippen LogP contribution in [0, 0.1) is 0 Å². The monoisotopic (exact) mass is 333 g/mol. The third-order valence-electron chi connectivity index (χ3n) is 4.70. The van der Waals surface area contributed by atoms with E-state index in [9.17, 15) is 0 Å².